The van der Waals surface area contributed by atoms with Crippen LogP contribution in [0.15, 0.2) is 62.6 Å². The Bertz CT molecular complexity index is 1960. The van der Waals surface area contributed by atoms with Gasteiger partial charge in [0, 0.05) is 0 Å². The molecule has 0 aliphatic heterocycles. The van der Waals surface area contributed by atoms with Crippen LogP contribution in [0.3, 0.4) is 0 Å². The van der Waals surface area contributed by atoms with Crippen LogP contribution in [0.1, 0.15) is 112 Å². The van der Waals surface area contributed by atoms with Crippen LogP contribution in [-0.4, -0.2) is 3.21 Å². The summed E-state index contributed by atoms with van der Waals surface area (Å²) in [6.45, 7) is 27.6. The van der Waals surface area contributed by atoms with E-state index in [1.165, 1.54) is 38.6 Å². The SMILES string of the molecule is C[C](C)=[Zr+2]([C]1=C(c2ccsc2)C=CC1C)[C]1(C)c2c3c(c4ccccc4c2C(C)C(C)C1C)-c1cc(C)c(C)c(C)c1C3C.[Cl-].[Cl-]. The molecular formula is C42H48Cl2SZr. The van der Waals surface area contributed by atoms with Gasteiger partial charge in [0.15, 0.2) is 0 Å². The topological polar surface area (TPSA) is 0 Å². The van der Waals surface area contributed by atoms with E-state index in [1.807, 2.05) is 14.6 Å². The second-order valence-electron chi connectivity index (χ2n) is 14.8. The molecular weight excluding hydrogens is 699 g/mol. The first kappa shape index (κ1) is 35.7. The molecule has 0 fully saturated rings. The fraction of sp³-hybridized carbons (Fsp3) is 0.405. The van der Waals surface area contributed by atoms with Crippen molar-refractivity contribution in [2.45, 2.75) is 91.1 Å². The summed E-state index contributed by atoms with van der Waals surface area (Å²) in [6.07, 6.45) is 4.99. The third kappa shape index (κ3) is 4.78. The Morgan fingerprint density at radius 3 is 2.15 bits per heavy atom. The Morgan fingerprint density at radius 2 is 1.52 bits per heavy atom. The third-order valence-corrected chi connectivity index (χ3v) is 23.1. The second kappa shape index (κ2) is 12.7. The van der Waals surface area contributed by atoms with Gasteiger partial charge in [-0.05, 0) is 0 Å². The summed E-state index contributed by atoms with van der Waals surface area (Å²) < 4.78 is 3.70. The van der Waals surface area contributed by atoms with E-state index in [-0.39, 0.29) is 27.9 Å². The van der Waals surface area contributed by atoms with Crippen LogP contribution in [0.4, 0.5) is 0 Å². The summed E-state index contributed by atoms with van der Waals surface area (Å²) in [5, 5.41) is 7.63. The summed E-state index contributed by atoms with van der Waals surface area (Å²) >= 11 is -0.730. The zero-order valence-corrected chi connectivity index (χ0v) is 34.1. The van der Waals surface area contributed by atoms with Gasteiger partial charge in [-0.2, -0.15) is 0 Å². The van der Waals surface area contributed by atoms with Crippen LogP contribution in [0.25, 0.3) is 27.5 Å². The number of benzene rings is 3. The van der Waals surface area contributed by atoms with Gasteiger partial charge >= 0.3 is 279 Å². The minimum atomic E-state index is -2.57. The van der Waals surface area contributed by atoms with E-state index in [9.17, 15) is 0 Å². The number of fused-ring (bicyclic) bond motifs is 8. The van der Waals surface area contributed by atoms with Gasteiger partial charge in [-0.25, -0.2) is 0 Å². The molecule has 1 heterocycles. The van der Waals surface area contributed by atoms with Gasteiger partial charge in [0.25, 0.3) is 0 Å². The molecule has 0 amide bonds. The number of halogens is 2. The van der Waals surface area contributed by atoms with Crippen molar-refractivity contribution in [3.8, 4) is 11.1 Å². The zero-order valence-electron chi connectivity index (χ0n) is 29.3. The first-order chi connectivity index (χ1) is 20.9. The van der Waals surface area contributed by atoms with Crippen molar-refractivity contribution < 1.29 is 46.1 Å². The number of thiophene rings is 1. The average Bonchev–Trinajstić information content (AvgIpc) is 3.72. The van der Waals surface area contributed by atoms with Gasteiger partial charge < -0.3 is 24.8 Å². The molecule has 0 bridgehead atoms. The van der Waals surface area contributed by atoms with Crippen molar-refractivity contribution in [2.24, 2.45) is 17.8 Å². The maximum Gasteiger partial charge on any atom is -1.00 e. The summed E-state index contributed by atoms with van der Waals surface area (Å²) in [6, 6.07) is 14.4. The van der Waals surface area contributed by atoms with Crippen molar-refractivity contribution in [1.29, 1.82) is 0 Å². The molecule has 4 heteroatoms. The summed E-state index contributed by atoms with van der Waals surface area (Å²) in [4.78, 5) is 0. The van der Waals surface area contributed by atoms with Gasteiger partial charge in [0.1, 0.15) is 0 Å². The summed E-state index contributed by atoms with van der Waals surface area (Å²) in [5.41, 5.74) is 17.1. The number of hydrogen-bond donors (Lipinski definition) is 0. The molecule has 3 aliphatic rings. The largest absolute Gasteiger partial charge is 1.00 e. The first-order valence-corrected chi connectivity index (χ1v) is 21.4. The standard InChI is InChI=1S/C29H33.C10H9S.C3H6.2ClH.Zr/c1-14-13-24-25(18(5)15(14)2)21(8)28-27-20(7)17(4)16(3)19(6)26(27)22-11-9-10-12-23(22)29(24)28;1-8-2-3-9(6-8)10-4-5-11-7-10;1-3-2;;;/h9-13,16-17,19,21H,1-8H3;2-5,7-8H,1H3;1-2H3;2*1H;/q;;;;;+2/p-2. The van der Waals surface area contributed by atoms with Crippen molar-refractivity contribution in [3.63, 3.8) is 0 Å². The summed E-state index contributed by atoms with van der Waals surface area (Å²) in [7, 11) is 0. The van der Waals surface area contributed by atoms with E-state index in [1.54, 1.807) is 36.6 Å². The first-order valence-electron chi connectivity index (χ1n) is 16.7. The number of allylic oxidation sites excluding steroid dienone is 4. The molecule has 7 rings (SSSR count). The molecule has 0 spiro atoms. The second-order valence-corrected chi connectivity index (χ2v) is 23.7. The number of aryl methyl sites for hydroxylation is 1. The van der Waals surface area contributed by atoms with Crippen molar-refractivity contribution in [3.05, 3.63) is 107 Å². The van der Waals surface area contributed by atoms with Gasteiger partial charge in [0.2, 0.25) is 0 Å². The molecule has 240 valence electrons. The quantitative estimate of drug-likeness (QED) is 0.241. The van der Waals surface area contributed by atoms with Gasteiger partial charge in [-0.1, -0.05) is 0 Å². The molecule has 0 nitrogen and oxygen atoms in total. The molecule has 3 aliphatic carbocycles. The van der Waals surface area contributed by atoms with E-state index < -0.39 is 21.3 Å². The van der Waals surface area contributed by atoms with E-state index in [0.29, 0.717) is 29.6 Å². The Balaban J connectivity index is 0.00000208. The van der Waals surface area contributed by atoms with Crippen LogP contribution in [0.2, 0.25) is 0 Å². The molecule has 6 atom stereocenters. The van der Waals surface area contributed by atoms with Crippen molar-refractivity contribution in [1.82, 2.24) is 0 Å². The minimum absolute atomic E-state index is 0. The number of hydrogen-bond acceptors (Lipinski definition) is 1. The van der Waals surface area contributed by atoms with Crippen LogP contribution in [0, 0.1) is 38.5 Å². The van der Waals surface area contributed by atoms with Gasteiger partial charge in [-0.3, -0.25) is 0 Å². The molecule has 6 unspecified atom stereocenters. The van der Waals surface area contributed by atoms with Crippen LogP contribution in [-0.2, 0) is 24.4 Å². The van der Waals surface area contributed by atoms with Crippen molar-refractivity contribution >= 4 is 30.9 Å². The smallest absolute Gasteiger partial charge is 1.00 e. The Hall–Kier alpha value is -1.57. The molecule has 0 N–H and O–H groups in total. The molecule has 3 aromatic carbocycles. The fourth-order valence-electron chi connectivity index (χ4n) is 9.83. The molecule has 0 saturated carbocycles. The molecule has 1 aromatic heterocycles. The monoisotopic (exact) mass is 744 g/mol. The fourth-order valence-corrected chi connectivity index (χ4v) is 21.4. The number of rotatable bonds is 3. The van der Waals surface area contributed by atoms with E-state index in [4.69, 9.17) is 0 Å². The van der Waals surface area contributed by atoms with Crippen LogP contribution in [0.5, 0.6) is 0 Å². The van der Waals surface area contributed by atoms with Crippen LogP contribution < -0.4 is 24.8 Å². The maximum absolute atomic E-state index is 2.76. The van der Waals surface area contributed by atoms with Gasteiger partial charge in [-0.15, -0.1) is 0 Å². The Morgan fingerprint density at radius 1 is 0.848 bits per heavy atom. The zero-order chi connectivity index (χ0) is 31.4. The molecule has 46 heavy (non-hydrogen) atoms. The van der Waals surface area contributed by atoms with E-state index >= 15 is 0 Å². The summed E-state index contributed by atoms with van der Waals surface area (Å²) in [5.74, 6) is 2.64. The average molecular weight is 747 g/mol. The molecule has 0 radical (unpaired) electrons. The van der Waals surface area contributed by atoms with E-state index in [0.717, 1.165) is 0 Å². The normalized spacial score (nSPS) is 25.7. The Labute approximate surface area is 301 Å². The van der Waals surface area contributed by atoms with Crippen molar-refractivity contribution in [2.75, 3.05) is 0 Å². The maximum atomic E-state index is 2.76. The molecule has 4 aromatic rings. The predicted octanol–water partition coefficient (Wildman–Crippen LogP) is 6.02. The molecule has 0 saturated heterocycles. The van der Waals surface area contributed by atoms with Gasteiger partial charge in [0.05, 0.1) is 0 Å². The Kier molecular flexibility index (Phi) is 9.88. The predicted molar refractivity (Wildman–Crippen MR) is 191 cm³/mol. The van der Waals surface area contributed by atoms with Crippen LogP contribution >= 0.6 is 11.3 Å². The van der Waals surface area contributed by atoms with E-state index in [2.05, 4.69) is 135 Å². The third-order valence-electron chi connectivity index (χ3n) is 12.5. The minimum Gasteiger partial charge on any atom is -1.00 e.